The Morgan fingerprint density at radius 2 is 1.80 bits per heavy atom. The lowest BCUT2D eigenvalue weighted by atomic mass is 9.98. The van der Waals surface area contributed by atoms with E-state index in [0.717, 1.165) is 24.6 Å². The number of amides is 1. The number of nitrogens with zero attached hydrogens (tertiary/aromatic N) is 8. The van der Waals surface area contributed by atoms with Crippen LogP contribution in [0.25, 0.3) is 11.2 Å². The molecule has 5 rings (SSSR count). The summed E-state index contributed by atoms with van der Waals surface area (Å²) < 4.78 is 14.9. The number of halogens is 1. The lowest BCUT2D eigenvalue weighted by Gasteiger charge is -2.43. The third-order valence-electron chi connectivity index (χ3n) is 5.89. The highest BCUT2D eigenvalue weighted by Crippen LogP contribution is 2.29. The average molecular weight is 410 g/mol. The third kappa shape index (κ3) is 3.21. The minimum Gasteiger partial charge on any atom is -0.368 e. The fourth-order valence-corrected chi connectivity index (χ4v) is 4.13. The van der Waals surface area contributed by atoms with E-state index >= 15 is 0 Å². The van der Waals surface area contributed by atoms with Gasteiger partial charge in [0, 0.05) is 51.5 Å². The van der Waals surface area contributed by atoms with Crippen molar-refractivity contribution < 1.29 is 9.18 Å². The molecule has 3 aromatic rings. The highest BCUT2D eigenvalue weighted by atomic mass is 19.1. The molecule has 0 spiro atoms. The first-order chi connectivity index (χ1) is 14.6. The number of benzene rings is 1. The first-order valence-electron chi connectivity index (χ1n) is 10.2. The highest BCUT2D eigenvalue weighted by Gasteiger charge is 2.38. The molecule has 0 aliphatic carbocycles. The molecule has 4 heterocycles. The molecular weight excluding hydrogens is 387 g/mol. The molecule has 0 saturated carbocycles. The molecule has 30 heavy (non-hydrogen) atoms. The highest BCUT2D eigenvalue weighted by molar-refractivity contribution is 5.86. The summed E-state index contributed by atoms with van der Waals surface area (Å²) in [7, 11) is 0. The Bertz CT molecular complexity index is 1050. The van der Waals surface area contributed by atoms with Crippen LogP contribution in [0, 0.1) is 11.7 Å². The smallest absolute Gasteiger partial charge is 0.229 e. The molecule has 9 nitrogen and oxygen atoms in total. The summed E-state index contributed by atoms with van der Waals surface area (Å²) in [6.45, 7) is 6.79. The molecule has 2 aromatic heterocycles. The fourth-order valence-electron chi connectivity index (χ4n) is 4.13. The van der Waals surface area contributed by atoms with Gasteiger partial charge in [-0.15, -0.1) is 5.10 Å². The molecule has 2 saturated heterocycles. The van der Waals surface area contributed by atoms with Crippen molar-refractivity contribution in [2.24, 2.45) is 5.92 Å². The lowest BCUT2D eigenvalue weighted by molar-refractivity contribution is -0.136. The number of hydrogen-bond donors (Lipinski definition) is 0. The Morgan fingerprint density at radius 3 is 2.50 bits per heavy atom. The summed E-state index contributed by atoms with van der Waals surface area (Å²) in [6, 6.07) is 6.51. The van der Waals surface area contributed by atoms with Gasteiger partial charge < -0.3 is 14.7 Å². The van der Waals surface area contributed by atoms with E-state index in [-0.39, 0.29) is 17.6 Å². The lowest BCUT2D eigenvalue weighted by Crippen LogP contribution is -2.58. The van der Waals surface area contributed by atoms with Gasteiger partial charge in [-0.3, -0.25) is 4.79 Å². The van der Waals surface area contributed by atoms with Crippen LogP contribution in [0.1, 0.15) is 6.92 Å². The van der Waals surface area contributed by atoms with Gasteiger partial charge in [-0.1, -0.05) is 5.21 Å². The maximum Gasteiger partial charge on any atom is 0.229 e. The largest absolute Gasteiger partial charge is 0.368 e. The van der Waals surface area contributed by atoms with Crippen molar-refractivity contribution in [1.82, 2.24) is 29.9 Å². The Morgan fingerprint density at radius 1 is 1.07 bits per heavy atom. The molecule has 2 aliphatic heterocycles. The van der Waals surface area contributed by atoms with Crippen LogP contribution >= 0.6 is 0 Å². The number of fused-ring (bicyclic) bond motifs is 1. The Balaban J connectivity index is 1.19. The summed E-state index contributed by atoms with van der Waals surface area (Å²) in [6.07, 6.45) is 1.52. The van der Waals surface area contributed by atoms with Crippen LogP contribution in [0.2, 0.25) is 0 Å². The predicted molar refractivity (Wildman–Crippen MR) is 110 cm³/mol. The molecule has 2 fully saturated rings. The molecule has 2 aliphatic rings. The number of anilines is 2. The van der Waals surface area contributed by atoms with Gasteiger partial charge in [0.2, 0.25) is 5.91 Å². The van der Waals surface area contributed by atoms with E-state index in [9.17, 15) is 9.18 Å². The Labute approximate surface area is 173 Å². The maximum atomic E-state index is 13.1. The quantitative estimate of drug-likeness (QED) is 0.638. The number of carbonyl (C=O) groups is 1. The normalized spacial score (nSPS) is 17.5. The number of hydrogen-bond acceptors (Lipinski definition) is 7. The second-order valence-electron chi connectivity index (χ2n) is 7.67. The number of aryl methyl sites for hydroxylation is 1. The van der Waals surface area contributed by atoms with Gasteiger partial charge >= 0.3 is 0 Å². The molecule has 0 N–H and O–H groups in total. The van der Waals surface area contributed by atoms with Crippen molar-refractivity contribution in [3.05, 3.63) is 36.4 Å². The van der Waals surface area contributed by atoms with E-state index in [0.29, 0.717) is 43.9 Å². The van der Waals surface area contributed by atoms with Crippen LogP contribution < -0.4 is 9.80 Å². The van der Waals surface area contributed by atoms with E-state index in [1.807, 2.05) is 11.8 Å². The van der Waals surface area contributed by atoms with E-state index < -0.39 is 0 Å². The average Bonchev–Trinajstić information content (AvgIpc) is 3.17. The number of piperazine rings is 1. The first-order valence-corrected chi connectivity index (χ1v) is 10.2. The fraction of sp³-hybridized carbons (Fsp3) is 0.450. The van der Waals surface area contributed by atoms with Gasteiger partial charge in [0.15, 0.2) is 17.0 Å². The van der Waals surface area contributed by atoms with Crippen LogP contribution in [0.4, 0.5) is 15.9 Å². The monoisotopic (exact) mass is 410 g/mol. The van der Waals surface area contributed by atoms with Crippen LogP contribution in [0.15, 0.2) is 30.6 Å². The van der Waals surface area contributed by atoms with Gasteiger partial charge in [0.25, 0.3) is 0 Å². The van der Waals surface area contributed by atoms with Crippen molar-refractivity contribution in [2.45, 2.75) is 13.5 Å². The van der Waals surface area contributed by atoms with E-state index in [1.165, 1.54) is 18.5 Å². The van der Waals surface area contributed by atoms with Crippen LogP contribution in [-0.2, 0) is 11.3 Å². The molecule has 0 bridgehead atoms. The van der Waals surface area contributed by atoms with E-state index in [1.54, 1.807) is 16.8 Å². The number of aromatic nitrogens is 5. The summed E-state index contributed by atoms with van der Waals surface area (Å²) in [5, 5.41) is 8.33. The minimum atomic E-state index is -0.236. The molecule has 0 radical (unpaired) electrons. The number of rotatable bonds is 4. The predicted octanol–water partition coefficient (Wildman–Crippen LogP) is 1.17. The van der Waals surface area contributed by atoms with Gasteiger partial charge in [-0.25, -0.2) is 19.0 Å². The topological polar surface area (TPSA) is 83.3 Å². The molecule has 1 aromatic carbocycles. The van der Waals surface area contributed by atoms with Gasteiger partial charge in [-0.2, -0.15) is 0 Å². The van der Waals surface area contributed by atoms with Crippen molar-refractivity contribution in [3.8, 4) is 0 Å². The zero-order valence-corrected chi connectivity index (χ0v) is 16.8. The van der Waals surface area contributed by atoms with Crippen molar-refractivity contribution in [2.75, 3.05) is 49.1 Å². The van der Waals surface area contributed by atoms with Gasteiger partial charge in [-0.05, 0) is 31.2 Å². The molecule has 0 atom stereocenters. The maximum absolute atomic E-state index is 13.1. The molecular formula is C20H23FN8O. The van der Waals surface area contributed by atoms with Gasteiger partial charge in [0.1, 0.15) is 12.1 Å². The first kappa shape index (κ1) is 18.7. The summed E-state index contributed by atoms with van der Waals surface area (Å²) in [4.78, 5) is 27.8. The summed E-state index contributed by atoms with van der Waals surface area (Å²) >= 11 is 0. The SMILES string of the molecule is CCn1nnc2c(N3CC(C(=O)N4CCN(c5ccc(F)cc5)CC4)C3)ncnc21. The summed E-state index contributed by atoms with van der Waals surface area (Å²) in [5.41, 5.74) is 2.39. The van der Waals surface area contributed by atoms with Crippen molar-refractivity contribution in [1.29, 1.82) is 0 Å². The molecule has 1 amide bonds. The standard InChI is InChI=1S/C20H23FN8O/c1-2-29-19-17(24-25-29)18(22-13-23-19)28-11-14(12-28)20(30)27-9-7-26(8-10-27)16-5-3-15(21)4-6-16/h3-6,13-14H,2,7-12H2,1H3. The van der Waals surface area contributed by atoms with E-state index in [2.05, 4.69) is 30.1 Å². The van der Waals surface area contributed by atoms with Gasteiger partial charge in [0.05, 0.1) is 5.92 Å². The van der Waals surface area contributed by atoms with Crippen LogP contribution in [0.5, 0.6) is 0 Å². The minimum absolute atomic E-state index is 0.0337. The zero-order chi connectivity index (χ0) is 20.7. The van der Waals surface area contributed by atoms with E-state index in [4.69, 9.17) is 0 Å². The van der Waals surface area contributed by atoms with Crippen LogP contribution in [0.3, 0.4) is 0 Å². The number of carbonyl (C=O) groups excluding carboxylic acids is 1. The second kappa shape index (κ2) is 7.51. The molecule has 0 unspecified atom stereocenters. The van der Waals surface area contributed by atoms with Crippen LogP contribution in [-0.4, -0.2) is 75.0 Å². The molecule has 156 valence electrons. The van der Waals surface area contributed by atoms with Crippen molar-refractivity contribution in [3.63, 3.8) is 0 Å². The Kier molecular flexibility index (Phi) is 4.68. The zero-order valence-electron chi connectivity index (χ0n) is 16.8. The molecule has 10 heteroatoms. The van der Waals surface area contributed by atoms with Crippen molar-refractivity contribution >= 4 is 28.6 Å². The summed E-state index contributed by atoms with van der Waals surface area (Å²) in [5.74, 6) is 0.659. The Hall–Kier alpha value is -3.30. The third-order valence-corrected chi connectivity index (χ3v) is 5.89. The second-order valence-corrected chi connectivity index (χ2v) is 7.67.